The Morgan fingerprint density at radius 1 is 0.818 bits per heavy atom. The number of carbonyl (C=O) groups is 2. The predicted octanol–water partition coefficient (Wildman–Crippen LogP) is 1.70. The molecule has 0 spiro atoms. The number of carboxylic acids is 2. The molecular formula is C16H16N2O4. The highest BCUT2D eigenvalue weighted by atomic mass is 16.4. The number of nitrogen functional groups attached to an aromatic ring is 2. The number of hydrogen-bond acceptors (Lipinski definition) is 4. The highest BCUT2D eigenvalue weighted by molar-refractivity contribution is 5.91. The van der Waals surface area contributed by atoms with Crippen LogP contribution in [0.25, 0.3) is 0 Å². The first kappa shape index (κ1) is 15.4. The van der Waals surface area contributed by atoms with Crippen LogP contribution in [0.3, 0.4) is 0 Å². The zero-order valence-corrected chi connectivity index (χ0v) is 11.7. The van der Waals surface area contributed by atoms with Crippen molar-refractivity contribution in [3.05, 3.63) is 59.7 Å². The van der Waals surface area contributed by atoms with E-state index in [1.807, 2.05) is 0 Å². The van der Waals surface area contributed by atoms with Crippen molar-refractivity contribution in [3.63, 3.8) is 0 Å². The van der Waals surface area contributed by atoms with Crippen molar-refractivity contribution in [1.82, 2.24) is 0 Å². The first-order chi connectivity index (χ1) is 10.4. The summed E-state index contributed by atoms with van der Waals surface area (Å²) in [5.41, 5.74) is 11.2. The maximum atomic E-state index is 12.0. The Morgan fingerprint density at radius 3 is 1.45 bits per heavy atom. The smallest absolute Gasteiger partial charge is 0.319 e. The summed E-state index contributed by atoms with van der Waals surface area (Å²) in [6, 6.07) is 12.3. The second-order valence-corrected chi connectivity index (χ2v) is 5.03. The highest BCUT2D eigenvalue weighted by Gasteiger charge is 2.44. The van der Waals surface area contributed by atoms with Gasteiger partial charge in [-0.1, -0.05) is 24.3 Å². The van der Waals surface area contributed by atoms with Gasteiger partial charge >= 0.3 is 11.9 Å². The average molecular weight is 300 g/mol. The molecule has 0 fully saturated rings. The van der Waals surface area contributed by atoms with E-state index in [2.05, 4.69) is 0 Å². The Balaban J connectivity index is 2.70. The van der Waals surface area contributed by atoms with Crippen molar-refractivity contribution in [1.29, 1.82) is 0 Å². The van der Waals surface area contributed by atoms with E-state index in [1.54, 1.807) is 24.3 Å². The quantitative estimate of drug-likeness (QED) is 0.622. The van der Waals surface area contributed by atoms with Gasteiger partial charge in [-0.15, -0.1) is 0 Å². The Hall–Kier alpha value is -3.02. The summed E-state index contributed by atoms with van der Waals surface area (Å²) in [7, 11) is 0. The van der Waals surface area contributed by atoms with Crippen LogP contribution in [0.5, 0.6) is 0 Å². The fraction of sp³-hybridized carbons (Fsp3) is 0.125. The molecule has 6 N–H and O–H groups in total. The molecule has 2 aromatic rings. The third-order valence-electron chi connectivity index (χ3n) is 3.59. The van der Waals surface area contributed by atoms with Crippen LogP contribution in [0, 0.1) is 0 Å². The lowest BCUT2D eigenvalue weighted by molar-refractivity contribution is -0.148. The molecule has 0 aliphatic rings. The van der Waals surface area contributed by atoms with Gasteiger partial charge in [-0.25, -0.2) is 0 Å². The molecule has 2 rings (SSSR count). The van der Waals surface area contributed by atoms with Gasteiger partial charge in [0.05, 0.1) is 6.42 Å². The largest absolute Gasteiger partial charge is 0.481 e. The average Bonchev–Trinajstić information content (AvgIpc) is 2.46. The predicted molar refractivity (Wildman–Crippen MR) is 82.4 cm³/mol. The van der Waals surface area contributed by atoms with Crippen LogP contribution < -0.4 is 11.5 Å². The molecule has 0 bridgehead atoms. The monoisotopic (exact) mass is 300 g/mol. The lowest BCUT2D eigenvalue weighted by Gasteiger charge is -2.29. The number of hydrogen-bond donors (Lipinski definition) is 4. The molecular weight excluding hydrogens is 284 g/mol. The Bertz CT molecular complexity index is 648. The van der Waals surface area contributed by atoms with Gasteiger partial charge in [0.15, 0.2) is 0 Å². The summed E-state index contributed by atoms with van der Waals surface area (Å²) < 4.78 is 0. The summed E-state index contributed by atoms with van der Waals surface area (Å²) in [4.78, 5) is 23.3. The zero-order valence-electron chi connectivity index (χ0n) is 11.7. The number of anilines is 2. The summed E-state index contributed by atoms with van der Waals surface area (Å²) in [5, 5.41) is 19.0. The maximum absolute atomic E-state index is 12.0. The molecule has 22 heavy (non-hydrogen) atoms. The Labute approximate surface area is 127 Å². The van der Waals surface area contributed by atoms with Crippen LogP contribution in [0.4, 0.5) is 11.4 Å². The van der Waals surface area contributed by atoms with E-state index in [0.29, 0.717) is 22.5 Å². The van der Waals surface area contributed by atoms with E-state index >= 15 is 0 Å². The van der Waals surface area contributed by atoms with E-state index < -0.39 is 23.8 Å². The lowest BCUT2D eigenvalue weighted by atomic mass is 9.72. The number of carboxylic acid groups (broad SMARTS) is 2. The van der Waals surface area contributed by atoms with Crippen molar-refractivity contribution in [3.8, 4) is 0 Å². The number of nitrogens with two attached hydrogens (primary N) is 2. The van der Waals surface area contributed by atoms with E-state index in [4.69, 9.17) is 11.5 Å². The van der Waals surface area contributed by atoms with Gasteiger partial charge < -0.3 is 21.7 Å². The Kier molecular flexibility index (Phi) is 4.03. The number of rotatable bonds is 5. The van der Waals surface area contributed by atoms with Crippen molar-refractivity contribution >= 4 is 23.3 Å². The van der Waals surface area contributed by atoms with Crippen molar-refractivity contribution < 1.29 is 19.8 Å². The molecule has 0 saturated carbocycles. The summed E-state index contributed by atoms with van der Waals surface area (Å²) in [6.45, 7) is 0. The normalized spacial score (nSPS) is 11.1. The van der Waals surface area contributed by atoms with Gasteiger partial charge in [0.25, 0.3) is 0 Å². The van der Waals surface area contributed by atoms with Gasteiger partial charge in [0.1, 0.15) is 5.41 Å². The molecule has 2 aromatic carbocycles. The second-order valence-electron chi connectivity index (χ2n) is 5.03. The molecule has 6 nitrogen and oxygen atoms in total. The SMILES string of the molecule is Nc1ccc(C(CC(=O)O)(C(=O)O)c2ccc(N)cc2)cc1. The molecule has 0 saturated heterocycles. The molecule has 0 heterocycles. The van der Waals surface area contributed by atoms with Crippen molar-refractivity contribution in [2.45, 2.75) is 11.8 Å². The zero-order chi connectivity index (χ0) is 16.3. The summed E-state index contributed by atoms with van der Waals surface area (Å²) >= 11 is 0. The maximum Gasteiger partial charge on any atom is 0.319 e. The molecule has 0 unspecified atom stereocenters. The third-order valence-corrected chi connectivity index (χ3v) is 3.59. The van der Waals surface area contributed by atoms with Crippen LogP contribution in [-0.4, -0.2) is 22.2 Å². The van der Waals surface area contributed by atoms with Gasteiger partial charge in [-0.05, 0) is 35.4 Å². The minimum atomic E-state index is -1.70. The van der Waals surface area contributed by atoms with Crippen LogP contribution >= 0.6 is 0 Å². The first-order valence-electron chi connectivity index (χ1n) is 6.53. The fourth-order valence-electron chi connectivity index (χ4n) is 2.46. The highest BCUT2D eigenvalue weighted by Crippen LogP contribution is 2.37. The molecule has 0 atom stereocenters. The standard InChI is InChI=1S/C16H16N2O4/c17-12-5-1-10(2-6-12)16(15(21)22,9-14(19)20)11-3-7-13(18)8-4-11/h1-8H,9,17-18H2,(H,19,20)(H,21,22). The van der Waals surface area contributed by atoms with E-state index in [-0.39, 0.29) is 0 Å². The summed E-state index contributed by atoms with van der Waals surface area (Å²) in [6.07, 6.45) is -0.587. The molecule has 0 aromatic heterocycles. The van der Waals surface area contributed by atoms with Gasteiger partial charge in [0, 0.05) is 11.4 Å². The van der Waals surface area contributed by atoms with E-state index in [1.165, 1.54) is 24.3 Å². The minimum Gasteiger partial charge on any atom is -0.481 e. The fourth-order valence-corrected chi connectivity index (χ4v) is 2.46. The van der Waals surface area contributed by atoms with Crippen LogP contribution in [0.1, 0.15) is 17.5 Å². The number of benzene rings is 2. The third kappa shape index (κ3) is 2.71. The lowest BCUT2D eigenvalue weighted by Crippen LogP contribution is -2.39. The molecule has 0 aliphatic heterocycles. The van der Waals surface area contributed by atoms with E-state index in [9.17, 15) is 19.8 Å². The van der Waals surface area contributed by atoms with Crippen LogP contribution in [0.15, 0.2) is 48.5 Å². The molecule has 0 radical (unpaired) electrons. The molecule has 0 aliphatic carbocycles. The number of aliphatic carboxylic acids is 2. The van der Waals surface area contributed by atoms with Crippen molar-refractivity contribution in [2.24, 2.45) is 0 Å². The van der Waals surface area contributed by atoms with Gasteiger partial charge in [-0.3, -0.25) is 9.59 Å². The Morgan fingerprint density at radius 2 is 1.18 bits per heavy atom. The van der Waals surface area contributed by atoms with Crippen molar-refractivity contribution in [2.75, 3.05) is 11.5 Å². The molecule has 6 heteroatoms. The summed E-state index contributed by atoms with van der Waals surface area (Å²) in [5.74, 6) is -2.46. The van der Waals surface area contributed by atoms with Gasteiger partial charge in [0.2, 0.25) is 0 Å². The minimum absolute atomic E-state index is 0.348. The second kappa shape index (κ2) is 5.77. The van der Waals surface area contributed by atoms with Gasteiger partial charge in [-0.2, -0.15) is 0 Å². The first-order valence-corrected chi connectivity index (χ1v) is 6.53. The molecule has 114 valence electrons. The topological polar surface area (TPSA) is 127 Å². The van der Waals surface area contributed by atoms with Crippen LogP contribution in [0.2, 0.25) is 0 Å². The van der Waals surface area contributed by atoms with E-state index in [0.717, 1.165) is 0 Å². The molecule has 0 amide bonds. The van der Waals surface area contributed by atoms with Crippen LogP contribution in [-0.2, 0) is 15.0 Å².